The first-order chi connectivity index (χ1) is 35.2. The van der Waals surface area contributed by atoms with Crippen LogP contribution in [-0.4, -0.2) is 115 Å². The number of piperidine rings is 1. The maximum absolute atomic E-state index is 15.8. The summed E-state index contributed by atoms with van der Waals surface area (Å²) in [5, 5.41) is 21.9. The second-order valence-electron chi connectivity index (χ2n) is 20.5. The van der Waals surface area contributed by atoms with Gasteiger partial charge in [-0.3, -0.25) is 23.9 Å². The van der Waals surface area contributed by atoms with Crippen LogP contribution in [0.4, 0.5) is 8.78 Å². The van der Waals surface area contributed by atoms with E-state index in [-0.39, 0.29) is 55.2 Å². The number of benzene rings is 4. The summed E-state index contributed by atoms with van der Waals surface area (Å²) >= 11 is 0. The Morgan fingerprint density at radius 3 is 2.32 bits per heavy atom. The Labute approximate surface area is 423 Å². The number of fused-ring (bicyclic) bond motifs is 5. The normalized spacial score (nSPS) is 18.0. The molecule has 4 aromatic carbocycles. The molecule has 1 atom stereocenters. The van der Waals surface area contributed by atoms with Gasteiger partial charge in [0.1, 0.15) is 29.9 Å². The quantitative estimate of drug-likeness (QED) is 0.137. The fourth-order valence-electron chi connectivity index (χ4n) is 11.9. The molecule has 3 aromatic heterocycles. The molecule has 2 fully saturated rings. The Morgan fingerprint density at radius 2 is 1.59 bits per heavy atom. The molecule has 0 unspecified atom stereocenters. The van der Waals surface area contributed by atoms with Crippen LogP contribution in [0.25, 0.3) is 38.8 Å². The molecule has 4 aliphatic heterocycles. The van der Waals surface area contributed by atoms with Crippen LogP contribution >= 0.6 is 0 Å². The van der Waals surface area contributed by atoms with Crippen LogP contribution in [0.15, 0.2) is 95.8 Å². The molecule has 7 heterocycles. The molecule has 7 aromatic rings. The number of carbonyl (C=O) groups is 2. The number of aromatic hydroxyl groups is 1. The van der Waals surface area contributed by atoms with E-state index in [2.05, 4.69) is 35.2 Å². The number of carbonyl (C=O) groups excluding carboxylic acids is 2. The largest absolute Gasteiger partial charge is 0.508 e. The van der Waals surface area contributed by atoms with Gasteiger partial charge in [-0.25, -0.2) is 8.78 Å². The summed E-state index contributed by atoms with van der Waals surface area (Å²) in [4.78, 5) is 53.1. The Kier molecular flexibility index (Phi) is 12.7. The summed E-state index contributed by atoms with van der Waals surface area (Å²) in [5.74, 6) is -2.14. The molecule has 2 saturated heterocycles. The van der Waals surface area contributed by atoms with Gasteiger partial charge in [0.15, 0.2) is 0 Å². The van der Waals surface area contributed by atoms with Gasteiger partial charge in [0.25, 0.3) is 17.4 Å². The zero-order valence-corrected chi connectivity index (χ0v) is 41.7. The highest BCUT2D eigenvalue weighted by molar-refractivity contribution is 6.11. The molecule has 4 aliphatic rings. The van der Waals surface area contributed by atoms with Crippen molar-refractivity contribution in [2.24, 2.45) is 14.1 Å². The summed E-state index contributed by atoms with van der Waals surface area (Å²) in [7, 11) is 3.71. The van der Waals surface area contributed by atoms with Crippen molar-refractivity contribution >= 4 is 33.6 Å². The number of nitrogens with zero attached hydrogens (tertiary/aromatic N) is 8. The Morgan fingerprint density at radius 1 is 0.836 bits per heavy atom. The zero-order valence-electron chi connectivity index (χ0n) is 41.7. The fourth-order valence-corrected chi connectivity index (χ4v) is 11.9. The average molecular weight is 987 g/mol. The average Bonchev–Trinajstić information content (AvgIpc) is 4.02. The smallest absolute Gasteiger partial charge is 0.265 e. The van der Waals surface area contributed by atoms with E-state index in [0.717, 1.165) is 66.8 Å². The molecule has 0 bridgehead atoms. The van der Waals surface area contributed by atoms with Gasteiger partial charge in [-0.15, -0.1) is 0 Å². The Hall–Kier alpha value is -7.28. The lowest BCUT2D eigenvalue weighted by Gasteiger charge is -2.41. The second kappa shape index (κ2) is 19.3. The van der Waals surface area contributed by atoms with Gasteiger partial charge in [0.2, 0.25) is 5.91 Å². The van der Waals surface area contributed by atoms with Crippen molar-refractivity contribution in [2.75, 3.05) is 52.4 Å². The molecule has 0 aliphatic carbocycles. The number of rotatable bonds is 11. The van der Waals surface area contributed by atoms with E-state index in [1.165, 1.54) is 24.1 Å². The molecule has 2 amide bonds. The summed E-state index contributed by atoms with van der Waals surface area (Å²) in [6.45, 7) is 6.66. The van der Waals surface area contributed by atoms with E-state index < -0.39 is 5.92 Å². The first-order valence-corrected chi connectivity index (χ1v) is 25.5. The number of ether oxygens (including phenoxy) is 1. The number of likely N-dealkylation sites (tertiary alicyclic amines) is 2. The van der Waals surface area contributed by atoms with Gasteiger partial charge >= 0.3 is 0 Å². The van der Waals surface area contributed by atoms with Gasteiger partial charge < -0.3 is 33.7 Å². The third-order valence-electron chi connectivity index (χ3n) is 15.9. The van der Waals surface area contributed by atoms with E-state index in [9.17, 15) is 23.9 Å². The molecular formula is C58H60F2N8O5. The predicted octanol–water partition coefficient (Wildman–Crippen LogP) is 8.27. The molecule has 73 heavy (non-hydrogen) atoms. The highest BCUT2D eigenvalue weighted by atomic mass is 19.3. The minimum atomic E-state index is -2.65. The van der Waals surface area contributed by atoms with Gasteiger partial charge in [0, 0.05) is 94.0 Å². The molecule has 0 saturated carbocycles. The Bertz CT molecular complexity index is 3400. The third kappa shape index (κ3) is 9.05. The van der Waals surface area contributed by atoms with Crippen molar-refractivity contribution in [3.8, 4) is 34.5 Å². The van der Waals surface area contributed by atoms with Crippen molar-refractivity contribution in [1.29, 1.82) is 5.26 Å². The number of aryl methyl sites for hydroxylation is 2. The predicted molar refractivity (Wildman–Crippen MR) is 276 cm³/mol. The molecule has 11 rings (SSSR count). The number of hydrogen-bond donors (Lipinski definition) is 1. The van der Waals surface area contributed by atoms with Crippen LogP contribution in [-0.2, 0) is 51.2 Å². The summed E-state index contributed by atoms with van der Waals surface area (Å²) < 4.78 is 38.6. The van der Waals surface area contributed by atoms with Crippen molar-refractivity contribution in [2.45, 2.75) is 76.9 Å². The lowest BCUT2D eigenvalue weighted by Crippen LogP contribution is -2.51. The number of pyridine rings is 1. The molecule has 1 N–H and O–H groups in total. The number of amides is 2. The van der Waals surface area contributed by atoms with Gasteiger partial charge in [-0.2, -0.15) is 5.26 Å². The van der Waals surface area contributed by atoms with Gasteiger partial charge in [0.05, 0.1) is 34.8 Å². The molecule has 0 spiro atoms. The second-order valence-corrected chi connectivity index (χ2v) is 20.5. The van der Waals surface area contributed by atoms with Crippen molar-refractivity contribution in [3.05, 3.63) is 146 Å². The Balaban J connectivity index is 0.969. The number of phenols is 1. The summed E-state index contributed by atoms with van der Waals surface area (Å²) in [6, 6.07) is 30.4. The summed E-state index contributed by atoms with van der Waals surface area (Å²) in [5.41, 5.74) is 9.42. The van der Waals surface area contributed by atoms with Crippen LogP contribution in [0.3, 0.4) is 0 Å². The zero-order chi connectivity index (χ0) is 50.7. The number of aromatic nitrogens is 3. The van der Waals surface area contributed by atoms with E-state index >= 15 is 9.59 Å². The highest BCUT2D eigenvalue weighted by Crippen LogP contribution is 2.40. The van der Waals surface area contributed by atoms with Crippen LogP contribution < -0.4 is 10.3 Å². The van der Waals surface area contributed by atoms with Crippen molar-refractivity contribution in [1.82, 2.24) is 33.3 Å². The highest BCUT2D eigenvalue weighted by Gasteiger charge is 2.38. The lowest BCUT2D eigenvalue weighted by atomic mass is 9.89. The van der Waals surface area contributed by atoms with Crippen LogP contribution in [0.1, 0.15) is 75.2 Å². The minimum absolute atomic E-state index is 0.0467. The standard InChI is InChI=1S/C58H60F2N8O5/c1-37-54-53(51(32-61)62(37)2)55-49(57(72)68(54)43-13-15-45(69)16-14-43)31-50(63(55)3)47-29-40-19-23-66(52(70)27-38-11-17-46(18-12-38)73-26-25-65-24-20-58(59,60)36-65)33-42(40)30-48(47)56(71)67-34-41-10-6-5-9-39(41)28-44(67)35-64-21-7-4-8-22-64/h5-6,9-18,29-31,44,69H,4,7-8,19-28,33-36H2,1-3H3/t44-/m0/s1. The third-order valence-corrected chi connectivity index (χ3v) is 15.9. The van der Waals surface area contributed by atoms with E-state index in [4.69, 9.17) is 4.74 Å². The minimum Gasteiger partial charge on any atom is -0.508 e. The number of alkyl halides is 2. The molecular weight excluding hydrogens is 927 g/mol. The van der Waals surface area contributed by atoms with Gasteiger partial charge in [-0.1, -0.05) is 42.8 Å². The maximum atomic E-state index is 15.8. The number of halogens is 2. The topological polar surface area (TPSA) is 132 Å². The van der Waals surface area contributed by atoms with E-state index in [1.54, 1.807) is 26.2 Å². The first-order valence-electron chi connectivity index (χ1n) is 25.5. The van der Waals surface area contributed by atoms with Crippen molar-refractivity contribution in [3.63, 3.8) is 0 Å². The van der Waals surface area contributed by atoms with Crippen LogP contribution in [0, 0.1) is 18.3 Å². The number of hydrogen-bond acceptors (Lipinski definition) is 8. The lowest BCUT2D eigenvalue weighted by molar-refractivity contribution is -0.131. The van der Waals surface area contributed by atoms with Gasteiger partial charge in [-0.05, 0) is 128 Å². The van der Waals surface area contributed by atoms with E-state index in [0.29, 0.717) is 94.9 Å². The SMILES string of the molecule is Cc1c2c(c(C#N)n1C)c1c(cc(-c3cc4c(cc3C(=O)N3Cc5ccccc5C[C@H]3CN3CCCCC3)CN(C(=O)Cc3ccc(OCCN5CCC(F)(F)C5)cc3)CC4)n1C)c(=O)n2-c1ccc(O)cc1. The molecule has 376 valence electrons. The monoisotopic (exact) mass is 986 g/mol. The van der Waals surface area contributed by atoms with Crippen LogP contribution in [0.2, 0.25) is 0 Å². The maximum Gasteiger partial charge on any atom is 0.265 e. The fraction of sp³-hybridized carbons (Fsp3) is 0.379. The summed E-state index contributed by atoms with van der Waals surface area (Å²) in [6.07, 6.45) is 4.77. The molecule has 0 radical (unpaired) electrons. The molecule has 15 heteroatoms. The first kappa shape index (κ1) is 48.0. The number of nitriles is 1. The van der Waals surface area contributed by atoms with Crippen LogP contribution in [0.5, 0.6) is 11.5 Å². The van der Waals surface area contributed by atoms with E-state index in [1.807, 2.05) is 77.9 Å². The molecule has 13 nitrogen and oxygen atoms in total. The van der Waals surface area contributed by atoms with Crippen molar-refractivity contribution < 1.29 is 28.2 Å². The number of phenolic OH excluding ortho intramolecular Hbond substituents is 1.